The summed E-state index contributed by atoms with van der Waals surface area (Å²) < 4.78 is 15.4. The fourth-order valence-electron chi connectivity index (χ4n) is 1.01. The molecule has 0 aliphatic heterocycles. The molecule has 0 atom stereocenters. The Kier molecular flexibility index (Phi) is 4.70. The first-order valence-corrected chi connectivity index (χ1v) is 4.79. The van der Waals surface area contributed by atoms with Crippen molar-refractivity contribution in [2.75, 3.05) is 32.7 Å². The lowest BCUT2D eigenvalue weighted by Crippen LogP contribution is -2.08. The van der Waals surface area contributed by atoms with E-state index in [2.05, 4.69) is 4.98 Å². The van der Waals surface area contributed by atoms with Crippen molar-refractivity contribution in [3.63, 3.8) is 0 Å². The molecule has 0 bridgehead atoms. The van der Waals surface area contributed by atoms with Crippen LogP contribution in [0.2, 0.25) is 0 Å². The SMILES string of the molecule is CCOCCOc1nc(OC)ccc1N. The summed E-state index contributed by atoms with van der Waals surface area (Å²) in [5.41, 5.74) is 6.17. The van der Waals surface area contributed by atoms with Crippen LogP contribution >= 0.6 is 0 Å². The van der Waals surface area contributed by atoms with Gasteiger partial charge >= 0.3 is 0 Å². The molecule has 5 nitrogen and oxygen atoms in total. The van der Waals surface area contributed by atoms with Crippen molar-refractivity contribution in [1.29, 1.82) is 0 Å². The molecule has 0 amide bonds. The minimum Gasteiger partial charge on any atom is -0.481 e. The molecule has 1 aromatic heterocycles. The molecular formula is C10H16N2O3. The number of aromatic nitrogens is 1. The number of nitrogens with zero attached hydrogens (tertiary/aromatic N) is 1. The number of hydrogen-bond acceptors (Lipinski definition) is 5. The Morgan fingerprint density at radius 1 is 1.33 bits per heavy atom. The molecule has 0 unspecified atom stereocenters. The third-order valence-electron chi connectivity index (χ3n) is 1.74. The van der Waals surface area contributed by atoms with Crippen molar-refractivity contribution in [2.24, 2.45) is 0 Å². The summed E-state index contributed by atoms with van der Waals surface area (Å²) >= 11 is 0. The largest absolute Gasteiger partial charge is 0.481 e. The number of pyridine rings is 1. The topological polar surface area (TPSA) is 66.6 Å². The van der Waals surface area contributed by atoms with Gasteiger partial charge in [0.05, 0.1) is 19.4 Å². The lowest BCUT2D eigenvalue weighted by Gasteiger charge is -2.08. The second-order valence-electron chi connectivity index (χ2n) is 2.79. The minimum atomic E-state index is 0.383. The van der Waals surface area contributed by atoms with Crippen LogP contribution in [0.4, 0.5) is 5.69 Å². The zero-order valence-corrected chi connectivity index (χ0v) is 9.03. The van der Waals surface area contributed by atoms with Gasteiger partial charge in [-0.2, -0.15) is 4.98 Å². The third-order valence-corrected chi connectivity index (χ3v) is 1.74. The summed E-state index contributed by atoms with van der Waals surface area (Å²) in [7, 11) is 1.54. The zero-order valence-electron chi connectivity index (χ0n) is 9.03. The smallest absolute Gasteiger partial charge is 0.240 e. The molecule has 0 aliphatic rings. The van der Waals surface area contributed by atoms with Crippen molar-refractivity contribution in [1.82, 2.24) is 4.98 Å². The average molecular weight is 212 g/mol. The van der Waals surface area contributed by atoms with Gasteiger partial charge in [0.2, 0.25) is 11.8 Å². The highest BCUT2D eigenvalue weighted by Crippen LogP contribution is 2.21. The molecule has 1 rings (SSSR count). The van der Waals surface area contributed by atoms with Gasteiger partial charge in [-0.25, -0.2) is 0 Å². The number of nitrogen functional groups attached to an aromatic ring is 1. The van der Waals surface area contributed by atoms with E-state index in [4.69, 9.17) is 19.9 Å². The first-order valence-electron chi connectivity index (χ1n) is 4.79. The van der Waals surface area contributed by atoms with E-state index in [1.807, 2.05) is 6.92 Å². The van der Waals surface area contributed by atoms with E-state index in [1.54, 1.807) is 19.2 Å². The number of hydrogen-bond donors (Lipinski definition) is 1. The molecule has 0 fully saturated rings. The van der Waals surface area contributed by atoms with Crippen LogP contribution in [0.5, 0.6) is 11.8 Å². The quantitative estimate of drug-likeness (QED) is 0.715. The molecule has 2 N–H and O–H groups in total. The van der Waals surface area contributed by atoms with Crippen LogP contribution in [-0.4, -0.2) is 31.9 Å². The summed E-state index contributed by atoms with van der Waals surface area (Å²) in [6, 6.07) is 3.38. The van der Waals surface area contributed by atoms with Crippen LogP contribution in [-0.2, 0) is 4.74 Å². The Balaban J connectivity index is 2.51. The fraction of sp³-hybridized carbons (Fsp3) is 0.500. The van der Waals surface area contributed by atoms with Crippen LogP contribution in [0.1, 0.15) is 6.92 Å². The molecule has 0 spiro atoms. The molecule has 1 heterocycles. The van der Waals surface area contributed by atoms with E-state index >= 15 is 0 Å². The molecule has 0 aromatic carbocycles. The maximum atomic E-state index is 5.68. The Morgan fingerprint density at radius 2 is 2.13 bits per heavy atom. The monoisotopic (exact) mass is 212 g/mol. The average Bonchev–Trinajstić information content (AvgIpc) is 2.26. The normalized spacial score (nSPS) is 10.0. The Hall–Kier alpha value is -1.49. The van der Waals surface area contributed by atoms with Gasteiger partial charge in [-0.1, -0.05) is 0 Å². The van der Waals surface area contributed by atoms with Crippen molar-refractivity contribution in [3.8, 4) is 11.8 Å². The first-order chi connectivity index (χ1) is 7.27. The van der Waals surface area contributed by atoms with Crippen LogP contribution in [0.15, 0.2) is 12.1 Å². The zero-order chi connectivity index (χ0) is 11.1. The molecule has 0 saturated carbocycles. The van der Waals surface area contributed by atoms with E-state index in [-0.39, 0.29) is 0 Å². The summed E-state index contributed by atoms with van der Waals surface area (Å²) in [4.78, 5) is 4.06. The summed E-state index contributed by atoms with van der Waals surface area (Å²) in [6.07, 6.45) is 0. The van der Waals surface area contributed by atoms with Crippen molar-refractivity contribution in [2.45, 2.75) is 6.92 Å². The minimum absolute atomic E-state index is 0.383. The Bertz CT molecular complexity index is 305. The summed E-state index contributed by atoms with van der Waals surface area (Å²) in [5, 5.41) is 0. The van der Waals surface area contributed by atoms with E-state index in [9.17, 15) is 0 Å². The molecule has 5 heteroatoms. The lowest BCUT2D eigenvalue weighted by atomic mass is 10.4. The number of nitrogens with two attached hydrogens (primary N) is 1. The standard InChI is InChI=1S/C10H16N2O3/c1-3-14-6-7-15-10-8(11)4-5-9(12-10)13-2/h4-5H,3,6-7,11H2,1-2H3. The number of anilines is 1. The predicted octanol–water partition coefficient (Wildman–Crippen LogP) is 1.09. The molecule has 0 aliphatic carbocycles. The highest BCUT2D eigenvalue weighted by atomic mass is 16.5. The van der Waals surface area contributed by atoms with Crippen molar-refractivity contribution >= 4 is 5.69 Å². The Labute approximate surface area is 89.2 Å². The van der Waals surface area contributed by atoms with Gasteiger partial charge in [0.1, 0.15) is 6.61 Å². The first kappa shape index (κ1) is 11.6. The number of rotatable bonds is 6. The summed E-state index contributed by atoms with van der Waals surface area (Å²) in [5.74, 6) is 0.865. The number of ether oxygens (including phenoxy) is 3. The summed E-state index contributed by atoms with van der Waals surface area (Å²) in [6.45, 7) is 3.55. The molecule has 1 aromatic rings. The maximum absolute atomic E-state index is 5.68. The van der Waals surface area contributed by atoms with Gasteiger partial charge in [-0.3, -0.25) is 0 Å². The van der Waals surface area contributed by atoms with Crippen LogP contribution in [0.25, 0.3) is 0 Å². The van der Waals surface area contributed by atoms with Gasteiger partial charge in [0, 0.05) is 12.7 Å². The third kappa shape index (κ3) is 3.63. The molecular weight excluding hydrogens is 196 g/mol. The van der Waals surface area contributed by atoms with E-state index in [1.165, 1.54) is 0 Å². The molecule has 0 saturated heterocycles. The highest BCUT2D eigenvalue weighted by molar-refractivity contribution is 5.49. The van der Waals surface area contributed by atoms with Crippen LogP contribution in [0.3, 0.4) is 0 Å². The molecule has 0 radical (unpaired) electrons. The van der Waals surface area contributed by atoms with E-state index < -0.39 is 0 Å². The predicted molar refractivity (Wildman–Crippen MR) is 57.2 cm³/mol. The van der Waals surface area contributed by atoms with Gasteiger partial charge in [-0.05, 0) is 13.0 Å². The second-order valence-corrected chi connectivity index (χ2v) is 2.79. The van der Waals surface area contributed by atoms with Crippen molar-refractivity contribution in [3.05, 3.63) is 12.1 Å². The molecule has 15 heavy (non-hydrogen) atoms. The van der Waals surface area contributed by atoms with E-state index in [0.717, 1.165) is 0 Å². The Morgan fingerprint density at radius 3 is 2.80 bits per heavy atom. The van der Waals surface area contributed by atoms with Gasteiger partial charge in [-0.15, -0.1) is 0 Å². The lowest BCUT2D eigenvalue weighted by molar-refractivity contribution is 0.108. The maximum Gasteiger partial charge on any atom is 0.240 e. The van der Waals surface area contributed by atoms with Gasteiger partial charge in [0.15, 0.2) is 0 Å². The second kappa shape index (κ2) is 6.08. The van der Waals surface area contributed by atoms with Crippen LogP contribution in [0, 0.1) is 0 Å². The van der Waals surface area contributed by atoms with Crippen molar-refractivity contribution < 1.29 is 14.2 Å². The van der Waals surface area contributed by atoms with Gasteiger partial charge < -0.3 is 19.9 Å². The van der Waals surface area contributed by atoms with Gasteiger partial charge in [0.25, 0.3) is 0 Å². The highest BCUT2D eigenvalue weighted by Gasteiger charge is 2.03. The fourth-order valence-corrected chi connectivity index (χ4v) is 1.01. The van der Waals surface area contributed by atoms with Crippen LogP contribution < -0.4 is 15.2 Å². The van der Waals surface area contributed by atoms with E-state index in [0.29, 0.717) is 37.3 Å². The molecule has 84 valence electrons. The number of methoxy groups -OCH3 is 1.